The normalized spacial score (nSPS) is 13.9. The topological polar surface area (TPSA) is 12.4 Å². The number of rotatable bonds is 4. The second-order valence-electron chi connectivity index (χ2n) is 10.4. The van der Waals surface area contributed by atoms with Crippen LogP contribution in [0.1, 0.15) is 106 Å². The smallest absolute Gasteiger partial charge is 0.0750 e. The van der Waals surface area contributed by atoms with E-state index in [1.807, 2.05) is 0 Å². The predicted octanol–water partition coefficient (Wildman–Crippen LogP) is 8.53. The van der Waals surface area contributed by atoms with E-state index in [1.165, 1.54) is 43.6 Å². The maximum absolute atomic E-state index is 5.18. The highest BCUT2D eigenvalue weighted by molar-refractivity contribution is 7.28. The fourth-order valence-electron chi connectivity index (χ4n) is 2.91. The molecule has 0 heterocycles. The Morgan fingerprint density at radius 2 is 1.16 bits per heavy atom. The molecule has 0 unspecified atom stereocenters. The lowest BCUT2D eigenvalue weighted by Gasteiger charge is -2.32. The first-order valence-corrected chi connectivity index (χ1v) is 10.7. The van der Waals surface area contributed by atoms with Gasteiger partial charge < -0.3 is 0 Å². The van der Waals surface area contributed by atoms with Crippen LogP contribution in [0.3, 0.4) is 0 Å². The summed E-state index contributed by atoms with van der Waals surface area (Å²) in [5.41, 5.74) is 6.41. The third-order valence-electron chi connectivity index (χ3n) is 4.86. The van der Waals surface area contributed by atoms with Crippen LogP contribution in [0.15, 0.2) is 16.9 Å². The maximum atomic E-state index is 5.18. The van der Waals surface area contributed by atoms with Crippen LogP contribution >= 0.6 is 8.37 Å². The summed E-state index contributed by atoms with van der Waals surface area (Å²) >= 11 is 0. The van der Waals surface area contributed by atoms with Crippen LogP contribution in [0.25, 0.3) is 0 Å². The molecule has 1 aromatic rings. The van der Waals surface area contributed by atoms with Gasteiger partial charge >= 0.3 is 0 Å². The molecule has 0 saturated carbocycles. The zero-order chi connectivity index (χ0) is 19.6. The van der Waals surface area contributed by atoms with E-state index in [0.717, 1.165) is 0 Å². The summed E-state index contributed by atoms with van der Waals surface area (Å²) in [4.78, 5) is 0. The number of nitrogens with zero attached hydrogens (tertiary/aromatic N) is 1. The molecule has 1 aromatic carbocycles. The largest absolute Gasteiger partial charge is 0.232 e. The molecule has 0 radical (unpaired) electrons. The molecular formula is C23H40NP. The summed E-state index contributed by atoms with van der Waals surface area (Å²) in [6.45, 7) is 25.3. The molecule has 142 valence electrons. The summed E-state index contributed by atoms with van der Waals surface area (Å²) in [6, 6.07) is 4.83. The van der Waals surface area contributed by atoms with Gasteiger partial charge in [0.05, 0.1) is 5.69 Å². The predicted molar refractivity (Wildman–Crippen MR) is 116 cm³/mol. The fourth-order valence-corrected chi connectivity index (χ4v) is 3.73. The highest BCUT2D eigenvalue weighted by atomic mass is 31.1. The zero-order valence-electron chi connectivity index (χ0n) is 18.5. The lowest BCUT2D eigenvalue weighted by atomic mass is 9.74. The van der Waals surface area contributed by atoms with Gasteiger partial charge in [-0.25, -0.2) is 4.74 Å². The second-order valence-corrected chi connectivity index (χ2v) is 11.5. The van der Waals surface area contributed by atoms with Crippen molar-refractivity contribution in [1.82, 2.24) is 0 Å². The summed E-state index contributed by atoms with van der Waals surface area (Å²) in [5, 5.41) is 0. The third kappa shape index (κ3) is 5.92. The molecular weight excluding hydrogens is 321 g/mol. The molecule has 0 saturated heterocycles. The van der Waals surface area contributed by atoms with E-state index >= 15 is 0 Å². The zero-order valence-corrected chi connectivity index (χ0v) is 19.4. The quantitative estimate of drug-likeness (QED) is 0.476. The molecule has 0 aliphatic carbocycles. The number of benzene rings is 1. The van der Waals surface area contributed by atoms with E-state index in [-0.39, 0.29) is 16.2 Å². The SMILES string of the molecule is CCC(CC)P=Nc1c(C(C)(C)C)cc(C(C)(C)C)cc1C(C)(C)C. The van der Waals surface area contributed by atoms with Gasteiger partial charge in [-0.2, -0.15) is 0 Å². The van der Waals surface area contributed by atoms with Crippen molar-refractivity contribution in [3.05, 3.63) is 28.8 Å². The number of hydrogen-bond donors (Lipinski definition) is 0. The highest BCUT2D eigenvalue weighted by Gasteiger charge is 2.29. The van der Waals surface area contributed by atoms with Crippen molar-refractivity contribution in [2.24, 2.45) is 4.74 Å². The van der Waals surface area contributed by atoms with Gasteiger partial charge in [0.2, 0.25) is 0 Å². The Labute approximate surface area is 158 Å². The van der Waals surface area contributed by atoms with Crippen molar-refractivity contribution >= 4 is 14.1 Å². The lowest BCUT2D eigenvalue weighted by Crippen LogP contribution is -2.21. The summed E-state index contributed by atoms with van der Waals surface area (Å²) in [6.07, 6.45) is 2.38. The first kappa shape index (κ1) is 22.4. The van der Waals surface area contributed by atoms with Crippen LogP contribution in [0.4, 0.5) is 5.69 Å². The second kappa shape index (κ2) is 7.91. The Bertz CT molecular complexity index is 567. The van der Waals surface area contributed by atoms with Crippen LogP contribution in [0.2, 0.25) is 0 Å². The highest BCUT2D eigenvalue weighted by Crippen LogP contribution is 2.44. The third-order valence-corrected chi connectivity index (χ3v) is 6.23. The van der Waals surface area contributed by atoms with Gasteiger partial charge in [0.25, 0.3) is 0 Å². The van der Waals surface area contributed by atoms with Gasteiger partial charge in [-0.15, -0.1) is 0 Å². The Kier molecular flexibility index (Phi) is 7.08. The van der Waals surface area contributed by atoms with Crippen LogP contribution in [0, 0.1) is 0 Å². The van der Waals surface area contributed by atoms with Crippen LogP contribution in [-0.4, -0.2) is 5.66 Å². The molecule has 0 fully saturated rings. The van der Waals surface area contributed by atoms with Gasteiger partial charge in [-0.3, -0.25) is 0 Å². The molecule has 2 heteroatoms. The van der Waals surface area contributed by atoms with Gasteiger partial charge in [0.15, 0.2) is 0 Å². The Morgan fingerprint density at radius 1 is 0.760 bits per heavy atom. The van der Waals surface area contributed by atoms with Gasteiger partial charge in [0.1, 0.15) is 0 Å². The maximum Gasteiger partial charge on any atom is 0.0750 e. The minimum absolute atomic E-state index is 0.0868. The first-order chi connectivity index (χ1) is 11.2. The van der Waals surface area contributed by atoms with Crippen LogP contribution < -0.4 is 0 Å². The van der Waals surface area contributed by atoms with Gasteiger partial charge in [-0.05, 0) is 45.8 Å². The Balaban J connectivity index is 3.76. The van der Waals surface area contributed by atoms with Gasteiger partial charge in [-0.1, -0.05) is 88.3 Å². The van der Waals surface area contributed by atoms with Crippen molar-refractivity contribution in [3.63, 3.8) is 0 Å². The summed E-state index contributed by atoms with van der Waals surface area (Å²) in [7, 11) is 1.22. The van der Waals surface area contributed by atoms with Crippen LogP contribution in [-0.2, 0) is 16.2 Å². The van der Waals surface area contributed by atoms with Crippen molar-refractivity contribution < 1.29 is 0 Å². The fraction of sp³-hybridized carbons (Fsp3) is 0.739. The molecule has 0 atom stereocenters. The average molecular weight is 362 g/mol. The van der Waals surface area contributed by atoms with E-state index < -0.39 is 0 Å². The molecule has 1 rings (SSSR count). The van der Waals surface area contributed by atoms with Crippen molar-refractivity contribution in [2.75, 3.05) is 0 Å². The Morgan fingerprint density at radius 3 is 1.44 bits per heavy atom. The molecule has 0 spiro atoms. The van der Waals surface area contributed by atoms with Gasteiger partial charge in [0, 0.05) is 14.0 Å². The molecule has 0 aliphatic heterocycles. The van der Waals surface area contributed by atoms with Crippen molar-refractivity contribution in [1.29, 1.82) is 0 Å². The number of hydrogen-bond acceptors (Lipinski definition) is 1. The molecule has 25 heavy (non-hydrogen) atoms. The van der Waals surface area contributed by atoms with Crippen molar-refractivity contribution in [2.45, 2.75) is 111 Å². The van der Waals surface area contributed by atoms with Crippen molar-refractivity contribution in [3.8, 4) is 0 Å². The van der Waals surface area contributed by atoms with E-state index in [9.17, 15) is 0 Å². The van der Waals surface area contributed by atoms with E-state index in [0.29, 0.717) is 5.66 Å². The lowest BCUT2D eigenvalue weighted by molar-refractivity contribution is 0.550. The van der Waals surface area contributed by atoms with E-state index in [1.54, 1.807) is 0 Å². The van der Waals surface area contributed by atoms with E-state index in [2.05, 4.69) is 88.3 Å². The molecule has 0 aliphatic rings. The Hall–Kier alpha value is -0.680. The molecule has 0 amide bonds. The first-order valence-electron chi connectivity index (χ1n) is 9.82. The summed E-state index contributed by atoms with van der Waals surface area (Å²) < 4.78 is 5.18. The molecule has 0 aromatic heterocycles. The minimum Gasteiger partial charge on any atom is -0.232 e. The standard InChI is InChI=1S/C23H40NP/c1-12-17(13-2)25-24-20-18(22(6,7)8)14-16(21(3,4)5)15-19(20)23(9,10)11/h14-15,17H,12-13H2,1-11H3. The van der Waals surface area contributed by atoms with Crippen LogP contribution in [0.5, 0.6) is 0 Å². The minimum atomic E-state index is 0.0868. The van der Waals surface area contributed by atoms with E-state index in [4.69, 9.17) is 4.74 Å². The molecule has 1 nitrogen and oxygen atoms in total. The monoisotopic (exact) mass is 361 g/mol. The summed E-state index contributed by atoms with van der Waals surface area (Å²) in [5.74, 6) is 0. The molecule has 0 bridgehead atoms. The average Bonchev–Trinajstić information content (AvgIpc) is 2.44. The molecule has 0 N–H and O–H groups in total.